The number of nitrogens with one attached hydrogen (secondary N) is 1. The van der Waals surface area contributed by atoms with Crippen molar-refractivity contribution in [3.8, 4) is 0 Å². The average Bonchev–Trinajstić information content (AvgIpc) is 2.93. The molecule has 2 aliphatic rings. The van der Waals surface area contributed by atoms with Crippen LogP contribution < -0.4 is 5.32 Å². The van der Waals surface area contributed by atoms with Gasteiger partial charge in [0, 0.05) is 18.5 Å². The van der Waals surface area contributed by atoms with Gasteiger partial charge >= 0.3 is 5.97 Å². The fourth-order valence-corrected chi connectivity index (χ4v) is 4.19. The molecule has 128 valence electrons. The van der Waals surface area contributed by atoms with Gasteiger partial charge in [-0.15, -0.1) is 11.8 Å². The number of aryl methyl sites for hydroxylation is 2. The van der Waals surface area contributed by atoms with Crippen LogP contribution in [0.1, 0.15) is 29.9 Å². The van der Waals surface area contributed by atoms with E-state index < -0.39 is 17.9 Å². The van der Waals surface area contributed by atoms with Crippen LogP contribution in [0.2, 0.25) is 0 Å². The number of carbonyl (C=O) groups is 3. The van der Waals surface area contributed by atoms with E-state index >= 15 is 0 Å². The Hall–Kier alpha value is -2.29. The molecule has 2 atom stereocenters. The molecule has 3 rings (SSSR count). The van der Waals surface area contributed by atoms with Gasteiger partial charge in [-0.25, -0.2) is 4.79 Å². The molecule has 3 heterocycles. The van der Waals surface area contributed by atoms with E-state index in [1.807, 2.05) is 6.92 Å². The molecule has 1 aromatic rings. The fourth-order valence-electron chi connectivity index (χ4n) is 2.90. The van der Waals surface area contributed by atoms with Crippen molar-refractivity contribution in [3.05, 3.63) is 28.7 Å². The van der Waals surface area contributed by atoms with Crippen LogP contribution in [0.4, 0.5) is 0 Å². The molecule has 0 aromatic carbocycles. The van der Waals surface area contributed by atoms with Crippen LogP contribution in [-0.2, 0) is 16.1 Å². The lowest BCUT2D eigenvalue weighted by atomic mass is 10.0. The summed E-state index contributed by atoms with van der Waals surface area (Å²) in [5.41, 5.74) is 1.71. The Morgan fingerprint density at radius 2 is 2.17 bits per heavy atom. The predicted molar refractivity (Wildman–Crippen MR) is 87.3 cm³/mol. The number of fused-ring (bicyclic) bond motifs is 1. The zero-order valence-electron chi connectivity index (χ0n) is 13.6. The van der Waals surface area contributed by atoms with Crippen molar-refractivity contribution < 1.29 is 19.5 Å². The first kappa shape index (κ1) is 16.6. The third kappa shape index (κ3) is 2.48. The molecule has 2 aliphatic heterocycles. The highest BCUT2D eigenvalue weighted by Gasteiger charge is 2.53. The van der Waals surface area contributed by atoms with Crippen LogP contribution in [-0.4, -0.2) is 54.7 Å². The van der Waals surface area contributed by atoms with Gasteiger partial charge in [0.25, 0.3) is 11.8 Å². The molecule has 8 nitrogen and oxygen atoms in total. The van der Waals surface area contributed by atoms with Crippen molar-refractivity contribution in [1.82, 2.24) is 20.0 Å². The van der Waals surface area contributed by atoms with E-state index in [1.165, 1.54) is 16.7 Å². The standard InChI is InChI=1S/C15H18N4O4S/c1-4-18-5-9(8(3)17-18)12(20)16-10-13(21)19-11(15(22)23)7(2)6-24-14(10)19/h5,10,14H,4,6H2,1-3H3,(H,16,20)(H,22,23). The molecule has 0 spiro atoms. The maximum atomic E-state index is 12.4. The highest BCUT2D eigenvalue weighted by atomic mass is 32.2. The molecule has 1 aromatic heterocycles. The van der Waals surface area contributed by atoms with Crippen molar-refractivity contribution in [1.29, 1.82) is 0 Å². The first-order chi connectivity index (χ1) is 11.3. The zero-order valence-corrected chi connectivity index (χ0v) is 14.4. The number of hydrogen-bond donors (Lipinski definition) is 2. The average molecular weight is 350 g/mol. The van der Waals surface area contributed by atoms with E-state index in [0.717, 1.165) is 0 Å². The molecule has 0 bridgehead atoms. The Morgan fingerprint density at radius 3 is 2.75 bits per heavy atom. The number of aromatic nitrogens is 2. The number of thioether (sulfide) groups is 1. The molecule has 2 unspecified atom stereocenters. The Morgan fingerprint density at radius 1 is 1.46 bits per heavy atom. The number of hydrogen-bond acceptors (Lipinski definition) is 5. The van der Waals surface area contributed by atoms with Gasteiger partial charge < -0.3 is 10.4 Å². The van der Waals surface area contributed by atoms with E-state index in [0.29, 0.717) is 29.1 Å². The van der Waals surface area contributed by atoms with E-state index in [-0.39, 0.29) is 17.0 Å². The van der Waals surface area contributed by atoms with Crippen LogP contribution in [0.15, 0.2) is 17.5 Å². The maximum absolute atomic E-state index is 12.4. The quantitative estimate of drug-likeness (QED) is 0.770. The number of β-lactam (4-membered cyclic amide) rings is 1. The third-order valence-electron chi connectivity index (χ3n) is 4.16. The summed E-state index contributed by atoms with van der Waals surface area (Å²) >= 11 is 1.45. The summed E-state index contributed by atoms with van der Waals surface area (Å²) in [5, 5.41) is 15.9. The summed E-state index contributed by atoms with van der Waals surface area (Å²) in [4.78, 5) is 37.4. The lowest BCUT2D eigenvalue weighted by Gasteiger charge is -2.49. The Kier molecular flexibility index (Phi) is 4.12. The topological polar surface area (TPSA) is 105 Å². The first-order valence-corrected chi connectivity index (χ1v) is 8.62. The van der Waals surface area contributed by atoms with Gasteiger partial charge in [-0.2, -0.15) is 5.10 Å². The van der Waals surface area contributed by atoms with Crippen LogP contribution >= 0.6 is 11.8 Å². The van der Waals surface area contributed by atoms with Crippen LogP contribution in [0.5, 0.6) is 0 Å². The summed E-state index contributed by atoms with van der Waals surface area (Å²) in [7, 11) is 0. The van der Waals surface area contributed by atoms with E-state index in [9.17, 15) is 19.5 Å². The summed E-state index contributed by atoms with van der Waals surface area (Å²) in [6, 6.07) is -0.714. The van der Waals surface area contributed by atoms with E-state index in [1.54, 1.807) is 24.7 Å². The SMILES string of the molecule is CCn1cc(C(=O)NC2C(=O)N3C(C(=O)O)=C(C)CSC23)c(C)n1. The number of carbonyl (C=O) groups excluding carboxylic acids is 2. The van der Waals surface area contributed by atoms with Crippen molar-refractivity contribution in [2.45, 2.75) is 38.7 Å². The Balaban J connectivity index is 1.77. The molecule has 2 amide bonds. The number of carboxylic acid groups (broad SMARTS) is 1. The van der Waals surface area contributed by atoms with Gasteiger partial charge in [-0.3, -0.25) is 19.2 Å². The lowest BCUT2D eigenvalue weighted by molar-refractivity contribution is -0.148. The molecule has 0 aliphatic carbocycles. The van der Waals surface area contributed by atoms with Crippen LogP contribution in [0, 0.1) is 6.92 Å². The summed E-state index contributed by atoms with van der Waals surface area (Å²) in [5.74, 6) is -1.35. The minimum Gasteiger partial charge on any atom is -0.477 e. The monoisotopic (exact) mass is 350 g/mol. The van der Waals surface area contributed by atoms with Gasteiger partial charge in [-0.05, 0) is 26.3 Å². The highest BCUT2D eigenvalue weighted by Crippen LogP contribution is 2.40. The van der Waals surface area contributed by atoms with Crippen molar-refractivity contribution in [3.63, 3.8) is 0 Å². The van der Waals surface area contributed by atoms with Gasteiger partial charge in [0.05, 0.1) is 11.3 Å². The van der Waals surface area contributed by atoms with Crippen molar-refractivity contribution in [2.24, 2.45) is 0 Å². The molecular formula is C15H18N4O4S. The summed E-state index contributed by atoms with van der Waals surface area (Å²) in [6.45, 7) is 6.01. The minimum absolute atomic E-state index is 0.0317. The fraction of sp³-hybridized carbons (Fsp3) is 0.467. The molecule has 9 heteroatoms. The normalized spacial score (nSPS) is 23.0. The smallest absolute Gasteiger partial charge is 0.352 e. The summed E-state index contributed by atoms with van der Waals surface area (Å²) in [6.07, 6.45) is 1.65. The molecule has 1 fully saturated rings. The number of amides is 2. The van der Waals surface area contributed by atoms with Gasteiger partial charge in [0.2, 0.25) is 0 Å². The first-order valence-electron chi connectivity index (χ1n) is 7.57. The van der Waals surface area contributed by atoms with Crippen LogP contribution in [0.25, 0.3) is 0 Å². The zero-order chi connectivity index (χ0) is 17.6. The van der Waals surface area contributed by atoms with Crippen molar-refractivity contribution in [2.75, 3.05) is 5.75 Å². The molecular weight excluding hydrogens is 332 g/mol. The Bertz CT molecular complexity index is 770. The number of rotatable bonds is 4. The van der Waals surface area contributed by atoms with Gasteiger partial charge in [0.15, 0.2) is 0 Å². The predicted octanol–water partition coefficient (Wildman–Crippen LogP) is 0.584. The molecule has 2 N–H and O–H groups in total. The van der Waals surface area contributed by atoms with E-state index in [2.05, 4.69) is 10.4 Å². The highest BCUT2D eigenvalue weighted by molar-refractivity contribution is 8.00. The van der Waals surface area contributed by atoms with Crippen molar-refractivity contribution >= 4 is 29.5 Å². The summed E-state index contributed by atoms with van der Waals surface area (Å²) < 4.78 is 1.66. The second-order valence-electron chi connectivity index (χ2n) is 5.78. The second-order valence-corrected chi connectivity index (χ2v) is 6.88. The molecule has 0 radical (unpaired) electrons. The number of nitrogens with zero attached hydrogens (tertiary/aromatic N) is 3. The third-order valence-corrected chi connectivity index (χ3v) is 5.59. The molecule has 0 saturated carbocycles. The molecule has 24 heavy (non-hydrogen) atoms. The lowest BCUT2D eigenvalue weighted by Crippen LogP contribution is -2.70. The Labute approximate surface area is 142 Å². The second kappa shape index (κ2) is 5.97. The van der Waals surface area contributed by atoms with Gasteiger partial charge in [-0.1, -0.05) is 0 Å². The molecule has 1 saturated heterocycles. The van der Waals surface area contributed by atoms with Crippen LogP contribution in [0.3, 0.4) is 0 Å². The van der Waals surface area contributed by atoms with Gasteiger partial charge in [0.1, 0.15) is 17.1 Å². The largest absolute Gasteiger partial charge is 0.477 e. The maximum Gasteiger partial charge on any atom is 0.352 e. The number of aliphatic carboxylic acids is 1. The van der Waals surface area contributed by atoms with E-state index in [4.69, 9.17) is 0 Å². The minimum atomic E-state index is -1.11. The number of carboxylic acids is 1.